The molecule has 1 unspecified atom stereocenters. The van der Waals surface area contributed by atoms with E-state index in [1.54, 1.807) is 7.11 Å². The fourth-order valence-electron chi connectivity index (χ4n) is 1.81. The first kappa shape index (κ1) is 16.5. The second-order valence-corrected chi connectivity index (χ2v) is 6.21. The molecule has 108 valence electrons. The van der Waals surface area contributed by atoms with E-state index < -0.39 is 0 Å². The molecule has 0 aliphatic heterocycles. The Hall–Kier alpha value is -0.580. The number of methoxy groups -OCH3 is 1. The molecule has 1 aromatic rings. The van der Waals surface area contributed by atoms with Gasteiger partial charge in [0, 0.05) is 29.2 Å². The fraction of sp³-hybridized carbons (Fsp3) is 0.600. The number of ether oxygens (including phenoxy) is 1. The number of halogens is 1. The summed E-state index contributed by atoms with van der Waals surface area (Å²) in [6.45, 7) is 9.50. The van der Waals surface area contributed by atoms with Crippen molar-refractivity contribution in [1.82, 2.24) is 10.6 Å². The maximum Gasteiger partial charge on any atom is 0.124 e. The maximum atomic E-state index is 5.39. The molecule has 1 aromatic carbocycles. The second-order valence-electron chi connectivity index (χ2n) is 5.29. The van der Waals surface area contributed by atoms with Gasteiger partial charge in [-0.15, -0.1) is 0 Å². The van der Waals surface area contributed by atoms with Crippen molar-refractivity contribution in [2.24, 2.45) is 5.92 Å². The molecule has 0 aromatic heterocycles. The molecule has 0 bridgehead atoms. The van der Waals surface area contributed by atoms with Gasteiger partial charge in [0.05, 0.1) is 7.11 Å². The lowest BCUT2D eigenvalue weighted by atomic mass is 10.2. The van der Waals surface area contributed by atoms with Gasteiger partial charge < -0.3 is 15.4 Å². The molecule has 1 rings (SSSR count). The molecule has 0 aliphatic carbocycles. The van der Waals surface area contributed by atoms with Crippen molar-refractivity contribution in [3.63, 3.8) is 0 Å². The molecule has 0 saturated heterocycles. The summed E-state index contributed by atoms with van der Waals surface area (Å²) in [6, 6.07) is 6.57. The quantitative estimate of drug-likeness (QED) is 0.768. The average molecular weight is 329 g/mol. The van der Waals surface area contributed by atoms with E-state index in [0.717, 1.165) is 29.9 Å². The Kier molecular flexibility index (Phi) is 7.42. The minimum absolute atomic E-state index is 0.437. The van der Waals surface area contributed by atoms with Gasteiger partial charge >= 0.3 is 0 Å². The highest BCUT2D eigenvalue weighted by molar-refractivity contribution is 9.10. The Bertz CT molecular complexity index is 382. The Labute approximate surface area is 125 Å². The summed E-state index contributed by atoms with van der Waals surface area (Å²) in [4.78, 5) is 0. The monoisotopic (exact) mass is 328 g/mol. The van der Waals surface area contributed by atoms with Crippen LogP contribution in [0.3, 0.4) is 0 Å². The van der Waals surface area contributed by atoms with Crippen molar-refractivity contribution in [3.8, 4) is 5.75 Å². The van der Waals surface area contributed by atoms with Crippen LogP contribution in [0.15, 0.2) is 22.7 Å². The molecule has 4 heteroatoms. The molecule has 19 heavy (non-hydrogen) atoms. The van der Waals surface area contributed by atoms with Crippen LogP contribution in [0.25, 0.3) is 0 Å². The summed E-state index contributed by atoms with van der Waals surface area (Å²) >= 11 is 3.45. The summed E-state index contributed by atoms with van der Waals surface area (Å²) in [5, 5.41) is 6.97. The van der Waals surface area contributed by atoms with Crippen LogP contribution >= 0.6 is 15.9 Å². The van der Waals surface area contributed by atoms with Crippen molar-refractivity contribution in [3.05, 3.63) is 28.2 Å². The molecular formula is C15H25BrN2O. The SMILES string of the molecule is COc1cc(Br)ccc1CNC(C)CNCC(C)C. The molecule has 0 spiro atoms. The van der Waals surface area contributed by atoms with E-state index in [1.807, 2.05) is 12.1 Å². The topological polar surface area (TPSA) is 33.3 Å². The zero-order chi connectivity index (χ0) is 14.3. The summed E-state index contributed by atoms with van der Waals surface area (Å²) in [7, 11) is 1.71. The zero-order valence-electron chi connectivity index (χ0n) is 12.3. The van der Waals surface area contributed by atoms with Gasteiger partial charge in [-0.3, -0.25) is 0 Å². The highest BCUT2D eigenvalue weighted by Gasteiger charge is 2.06. The number of rotatable bonds is 8. The van der Waals surface area contributed by atoms with Crippen molar-refractivity contribution in [2.75, 3.05) is 20.2 Å². The van der Waals surface area contributed by atoms with Crippen LogP contribution < -0.4 is 15.4 Å². The molecule has 0 amide bonds. The van der Waals surface area contributed by atoms with Crippen LogP contribution in [0.1, 0.15) is 26.3 Å². The number of benzene rings is 1. The van der Waals surface area contributed by atoms with E-state index in [-0.39, 0.29) is 0 Å². The van der Waals surface area contributed by atoms with Gasteiger partial charge in [0.2, 0.25) is 0 Å². The number of hydrogen-bond acceptors (Lipinski definition) is 3. The maximum absolute atomic E-state index is 5.39. The molecule has 2 N–H and O–H groups in total. The predicted molar refractivity (Wildman–Crippen MR) is 84.7 cm³/mol. The third-order valence-electron chi connectivity index (χ3n) is 2.89. The zero-order valence-corrected chi connectivity index (χ0v) is 13.9. The van der Waals surface area contributed by atoms with E-state index in [1.165, 1.54) is 5.56 Å². The highest BCUT2D eigenvalue weighted by atomic mass is 79.9. The fourth-order valence-corrected chi connectivity index (χ4v) is 2.15. The lowest BCUT2D eigenvalue weighted by Crippen LogP contribution is -2.37. The van der Waals surface area contributed by atoms with E-state index in [2.05, 4.69) is 53.4 Å². The van der Waals surface area contributed by atoms with Gasteiger partial charge in [0.25, 0.3) is 0 Å². The Morgan fingerprint density at radius 3 is 2.58 bits per heavy atom. The second kappa shape index (κ2) is 8.56. The standard InChI is InChI=1S/C15H25BrN2O/c1-11(2)8-17-9-12(3)18-10-13-5-6-14(16)7-15(13)19-4/h5-7,11-12,17-18H,8-10H2,1-4H3. The third kappa shape index (κ3) is 6.41. The minimum Gasteiger partial charge on any atom is -0.496 e. The first-order chi connectivity index (χ1) is 9.02. The van der Waals surface area contributed by atoms with Crippen molar-refractivity contribution in [2.45, 2.75) is 33.4 Å². The summed E-state index contributed by atoms with van der Waals surface area (Å²) in [6.07, 6.45) is 0. The van der Waals surface area contributed by atoms with E-state index in [0.29, 0.717) is 12.0 Å². The van der Waals surface area contributed by atoms with Gasteiger partial charge in [-0.05, 0) is 31.5 Å². The molecule has 3 nitrogen and oxygen atoms in total. The molecule has 0 radical (unpaired) electrons. The van der Waals surface area contributed by atoms with Gasteiger partial charge in [-0.1, -0.05) is 35.8 Å². The van der Waals surface area contributed by atoms with Crippen LogP contribution in [-0.2, 0) is 6.54 Å². The minimum atomic E-state index is 0.437. The summed E-state index contributed by atoms with van der Waals surface area (Å²) in [5.41, 5.74) is 1.18. The average Bonchev–Trinajstić information content (AvgIpc) is 2.36. The summed E-state index contributed by atoms with van der Waals surface area (Å²) < 4.78 is 6.43. The van der Waals surface area contributed by atoms with E-state index in [9.17, 15) is 0 Å². The highest BCUT2D eigenvalue weighted by Crippen LogP contribution is 2.23. The largest absolute Gasteiger partial charge is 0.496 e. The smallest absolute Gasteiger partial charge is 0.124 e. The van der Waals surface area contributed by atoms with Gasteiger partial charge in [-0.25, -0.2) is 0 Å². The number of nitrogens with one attached hydrogen (secondary N) is 2. The molecule has 1 atom stereocenters. The summed E-state index contributed by atoms with van der Waals surface area (Å²) in [5.74, 6) is 1.61. The van der Waals surface area contributed by atoms with Gasteiger partial charge in [-0.2, -0.15) is 0 Å². The van der Waals surface area contributed by atoms with Crippen LogP contribution in [0.4, 0.5) is 0 Å². The van der Waals surface area contributed by atoms with Gasteiger partial charge in [0.15, 0.2) is 0 Å². The Balaban J connectivity index is 2.39. The van der Waals surface area contributed by atoms with Crippen molar-refractivity contribution < 1.29 is 4.74 Å². The van der Waals surface area contributed by atoms with Gasteiger partial charge in [0.1, 0.15) is 5.75 Å². The third-order valence-corrected chi connectivity index (χ3v) is 3.39. The first-order valence-electron chi connectivity index (χ1n) is 6.79. The molecular weight excluding hydrogens is 304 g/mol. The normalized spacial score (nSPS) is 12.7. The van der Waals surface area contributed by atoms with Crippen LogP contribution in [0.5, 0.6) is 5.75 Å². The molecule has 0 fully saturated rings. The molecule has 0 saturated carbocycles. The van der Waals surface area contributed by atoms with E-state index in [4.69, 9.17) is 4.74 Å². The van der Waals surface area contributed by atoms with Crippen LogP contribution in [-0.4, -0.2) is 26.2 Å². The van der Waals surface area contributed by atoms with Crippen LogP contribution in [0, 0.1) is 5.92 Å². The Morgan fingerprint density at radius 2 is 1.95 bits per heavy atom. The predicted octanol–water partition coefficient (Wildman–Crippen LogP) is 3.18. The lowest BCUT2D eigenvalue weighted by Gasteiger charge is -2.17. The molecule has 0 heterocycles. The van der Waals surface area contributed by atoms with Crippen molar-refractivity contribution >= 4 is 15.9 Å². The molecule has 0 aliphatic rings. The lowest BCUT2D eigenvalue weighted by molar-refractivity contribution is 0.404. The van der Waals surface area contributed by atoms with Crippen molar-refractivity contribution in [1.29, 1.82) is 0 Å². The Morgan fingerprint density at radius 1 is 1.21 bits per heavy atom. The van der Waals surface area contributed by atoms with E-state index >= 15 is 0 Å². The first-order valence-corrected chi connectivity index (χ1v) is 7.58. The van der Waals surface area contributed by atoms with Crippen LogP contribution in [0.2, 0.25) is 0 Å². The number of hydrogen-bond donors (Lipinski definition) is 2.